The van der Waals surface area contributed by atoms with E-state index in [0.717, 1.165) is 0 Å². The highest BCUT2D eigenvalue weighted by Crippen LogP contribution is 2.12. The molecule has 2 heterocycles. The molecule has 1 amide bonds. The largest absolute Gasteiger partial charge is 0.461 e. The van der Waals surface area contributed by atoms with Crippen LogP contribution in [0.1, 0.15) is 13.3 Å². The minimum absolute atomic E-state index is 0.000443. The average Bonchev–Trinajstić information content (AvgIpc) is 3.07. The molecule has 8 heteroatoms. The quantitative estimate of drug-likeness (QED) is 0.742. The zero-order chi connectivity index (χ0) is 14.4. The molecule has 20 heavy (non-hydrogen) atoms. The van der Waals surface area contributed by atoms with Crippen molar-refractivity contribution in [3.63, 3.8) is 0 Å². The maximum Gasteiger partial charge on any atom is 0.243 e. The first-order chi connectivity index (χ1) is 9.69. The second-order valence-electron chi connectivity index (χ2n) is 4.54. The highest BCUT2D eigenvalue weighted by Gasteiger charge is 2.11. The Morgan fingerprint density at radius 3 is 3.15 bits per heavy atom. The molecule has 108 valence electrons. The number of aliphatic hydroxyl groups is 1. The van der Waals surface area contributed by atoms with Gasteiger partial charge in [0.2, 0.25) is 11.7 Å². The summed E-state index contributed by atoms with van der Waals surface area (Å²) in [5.74, 6) is 0.884. The Kier molecular flexibility index (Phi) is 4.83. The van der Waals surface area contributed by atoms with E-state index < -0.39 is 0 Å². The highest BCUT2D eigenvalue weighted by atomic mass is 16.3. The molecule has 2 rings (SSSR count). The van der Waals surface area contributed by atoms with Gasteiger partial charge in [-0.25, -0.2) is 0 Å². The molecule has 0 radical (unpaired) electrons. The lowest BCUT2D eigenvalue weighted by molar-refractivity contribution is -0.122. The van der Waals surface area contributed by atoms with E-state index in [0.29, 0.717) is 24.6 Å². The van der Waals surface area contributed by atoms with Gasteiger partial charge in [-0.3, -0.25) is 4.79 Å². The first-order valence-corrected chi connectivity index (χ1v) is 6.38. The number of furan rings is 1. The van der Waals surface area contributed by atoms with Crippen molar-refractivity contribution in [3.8, 4) is 11.6 Å². The second kappa shape index (κ2) is 6.80. The van der Waals surface area contributed by atoms with Crippen molar-refractivity contribution in [1.82, 2.24) is 25.5 Å². The molecule has 0 aliphatic heterocycles. The first kappa shape index (κ1) is 14.2. The van der Waals surface area contributed by atoms with Crippen LogP contribution >= 0.6 is 0 Å². The van der Waals surface area contributed by atoms with Crippen LogP contribution in [-0.4, -0.2) is 44.4 Å². The Labute approximate surface area is 115 Å². The molecule has 2 aromatic heterocycles. The van der Waals surface area contributed by atoms with Gasteiger partial charge in [-0.15, -0.1) is 10.2 Å². The Morgan fingerprint density at radius 1 is 1.60 bits per heavy atom. The Balaban J connectivity index is 1.83. The van der Waals surface area contributed by atoms with Crippen LogP contribution in [0.3, 0.4) is 0 Å². The lowest BCUT2D eigenvalue weighted by Crippen LogP contribution is -2.32. The molecule has 0 aliphatic rings. The topological polar surface area (TPSA) is 106 Å². The molecule has 0 saturated heterocycles. The first-order valence-electron chi connectivity index (χ1n) is 6.38. The number of nitrogens with one attached hydrogen (secondary N) is 1. The van der Waals surface area contributed by atoms with Crippen molar-refractivity contribution in [3.05, 3.63) is 18.4 Å². The summed E-state index contributed by atoms with van der Waals surface area (Å²) in [7, 11) is 0. The summed E-state index contributed by atoms with van der Waals surface area (Å²) in [5, 5.41) is 23.2. The van der Waals surface area contributed by atoms with E-state index in [1.165, 1.54) is 11.1 Å². The molecule has 2 N–H and O–H groups in total. The van der Waals surface area contributed by atoms with E-state index in [1.807, 2.05) is 6.92 Å². The molecule has 0 spiro atoms. The number of hydrogen-bond donors (Lipinski definition) is 2. The molecule has 0 aromatic carbocycles. The molecule has 0 saturated carbocycles. The number of tetrazole rings is 1. The second-order valence-corrected chi connectivity index (χ2v) is 4.54. The Bertz CT molecular complexity index is 537. The third kappa shape index (κ3) is 3.89. The number of amides is 1. The molecule has 8 nitrogen and oxygen atoms in total. The summed E-state index contributed by atoms with van der Waals surface area (Å²) >= 11 is 0. The van der Waals surface area contributed by atoms with Crippen LogP contribution in [0.5, 0.6) is 0 Å². The van der Waals surface area contributed by atoms with Crippen molar-refractivity contribution in [1.29, 1.82) is 0 Å². The molecule has 2 aromatic rings. The minimum Gasteiger partial charge on any atom is -0.461 e. The monoisotopic (exact) mass is 279 g/mol. The van der Waals surface area contributed by atoms with Crippen LogP contribution < -0.4 is 5.32 Å². The number of carbonyl (C=O) groups excluding carboxylic acids is 1. The molecule has 0 fully saturated rings. The third-order valence-corrected chi connectivity index (χ3v) is 2.75. The van der Waals surface area contributed by atoms with Crippen LogP contribution in [-0.2, 0) is 11.3 Å². The van der Waals surface area contributed by atoms with Crippen molar-refractivity contribution in [2.45, 2.75) is 19.9 Å². The maximum atomic E-state index is 11.7. The summed E-state index contributed by atoms with van der Waals surface area (Å²) in [4.78, 5) is 12.9. The number of hydrogen-bond acceptors (Lipinski definition) is 6. The van der Waals surface area contributed by atoms with Gasteiger partial charge in [-0.05, 0) is 29.7 Å². The lowest BCUT2D eigenvalue weighted by Gasteiger charge is -2.10. The highest BCUT2D eigenvalue weighted by molar-refractivity contribution is 5.75. The Morgan fingerprint density at radius 2 is 2.45 bits per heavy atom. The van der Waals surface area contributed by atoms with E-state index in [-0.39, 0.29) is 25.0 Å². The van der Waals surface area contributed by atoms with Crippen LogP contribution in [0, 0.1) is 5.92 Å². The zero-order valence-electron chi connectivity index (χ0n) is 11.2. The van der Waals surface area contributed by atoms with Gasteiger partial charge in [0.05, 0.1) is 6.26 Å². The molecular formula is C12H17N5O3. The van der Waals surface area contributed by atoms with Crippen LogP contribution in [0.15, 0.2) is 22.8 Å². The fourth-order valence-corrected chi connectivity index (χ4v) is 1.61. The van der Waals surface area contributed by atoms with Crippen molar-refractivity contribution in [2.75, 3.05) is 13.2 Å². The molecular weight excluding hydrogens is 262 g/mol. The van der Waals surface area contributed by atoms with Crippen LogP contribution in [0.4, 0.5) is 0 Å². The number of aromatic nitrogens is 4. The average molecular weight is 279 g/mol. The normalized spacial score (nSPS) is 12.3. The van der Waals surface area contributed by atoms with E-state index in [1.54, 1.807) is 12.1 Å². The van der Waals surface area contributed by atoms with E-state index in [2.05, 4.69) is 20.7 Å². The van der Waals surface area contributed by atoms with Gasteiger partial charge in [0, 0.05) is 13.2 Å². The summed E-state index contributed by atoms with van der Waals surface area (Å²) in [5.41, 5.74) is 0. The van der Waals surface area contributed by atoms with Gasteiger partial charge in [0.1, 0.15) is 6.54 Å². The lowest BCUT2D eigenvalue weighted by atomic mass is 10.1. The number of rotatable bonds is 7. The maximum absolute atomic E-state index is 11.7. The number of carbonyl (C=O) groups is 1. The van der Waals surface area contributed by atoms with Gasteiger partial charge >= 0.3 is 0 Å². The fraction of sp³-hybridized carbons (Fsp3) is 0.500. The van der Waals surface area contributed by atoms with Gasteiger partial charge in [0.15, 0.2) is 5.76 Å². The van der Waals surface area contributed by atoms with Gasteiger partial charge in [-0.1, -0.05) is 6.92 Å². The van der Waals surface area contributed by atoms with Crippen LogP contribution in [0.2, 0.25) is 0 Å². The molecule has 1 atom stereocenters. The number of nitrogens with zero attached hydrogens (tertiary/aromatic N) is 4. The predicted octanol–water partition coefficient (Wildman–Crippen LogP) is 0.0678. The summed E-state index contributed by atoms with van der Waals surface area (Å²) < 4.78 is 5.14. The molecule has 1 unspecified atom stereocenters. The van der Waals surface area contributed by atoms with Crippen molar-refractivity contribution < 1.29 is 14.3 Å². The van der Waals surface area contributed by atoms with Gasteiger partial charge < -0.3 is 14.8 Å². The van der Waals surface area contributed by atoms with E-state index in [9.17, 15) is 4.79 Å². The third-order valence-electron chi connectivity index (χ3n) is 2.75. The van der Waals surface area contributed by atoms with Crippen molar-refractivity contribution in [2.24, 2.45) is 5.92 Å². The summed E-state index contributed by atoms with van der Waals surface area (Å²) in [6.45, 7) is 2.59. The Hall–Kier alpha value is -2.22. The smallest absolute Gasteiger partial charge is 0.243 e. The summed E-state index contributed by atoms with van der Waals surface area (Å²) in [6, 6.07) is 3.45. The SMILES string of the molecule is CC(CCO)CNC(=O)Cn1nnc(-c2ccco2)n1. The van der Waals surface area contributed by atoms with E-state index in [4.69, 9.17) is 9.52 Å². The summed E-state index contributed by atoms with van der Waals surface area (Å²) in [6.07, 6.45) is 2.18. The van der Waals surface area contributed by atoms with E-state index >= 15 is 0 Å². The van der Waals surface area contributed by atoms with Crippen LogP contribution in [0.25, 0.3) is 11.6 Å². The molecule has 0 aliphatic carbocycles. The predicted molar refractivity (Wildman–Crippen MR) is 69.4 cm³/mol. The van der Waals surface area contributed by atoms with Crippen molar-refractivity contribution >= 4 is 5.91 Å². The fourth-order valence-electron chi connectivity index (χ4n) is 1.61. The minimum atomic E-state index is -0.196. The standard InChI is InChI=1S/C12H17N5O3/c1-9(4-5-18)7-13-11(19)8-17-15-12(14-16-17)10-3-2-6-20-10/h2-3,6,9,18H,4-5,7-8H2,1H3,(H,13,19). The van der Waals surface area contributed by atoms with Gasteiger partial charge in [-0.2, -0.15) is 4.80 Å². The molecule has 0 bridgehead atoms. The zero-order valence-corrected chi connectivity index (χ0v) is 11.2. The number of aliphatic hydroxyl groups excluding tert-OH is 1. The van der Waals surface area contributed by atoms with Gasteiger partial charge in [0.25, 0.3) is 0 Å².